The molecule has 0 radical (unpaired) electrons. The van der Waals surface area contributed by atoms with E-state index in [0.29, 0.717) is 25.8 Å². The number of rotatable bonds is 17. The minimum atomic E-state index is -1.88. The average Bonchev–Trinajstić information content (AvgIpc) is 3.07. The Morgan fingerprint density at radius 2 is 1.10 bits per heavy atom. The summed E-state index contributed by atoms with van der Waals surface area (Å²) < 4.78 is 33.1. The number of unbranched alkanes of at least 4 members (excludes halogenated alkanes) is 1. The van der Waals surface area contributed by atoms with Gasteiger partial charge in [0.2, 0.25) is 11.8 Å². The van der Waals surface area contributed by atoms with E-state index in [1.54, 1.807) is 6.92 Å². The number of hydrogen-bond donors (Lipinski definition) is 12. The van der Waals surface area contributed by atoms with Crippen molar-refractivity contribution in [3.05, 3.63) is 0 Å². The number of aliphatic hydroxyl groups excluding tert-OH is 10. The van der Waals surface area contributed by atoms with Gasteiger partial charge in [-0.3, -0.25) is 9.59 Å². The zero-order chi connectivity index (χ0) is 35.5. The normalized spacial score (nSPS) is 40.4. The molecule has 12 N–H and O–H groups in total. The van der Waals surface area contributed by atoms with Crippen molar-refractivity contribution in [1.82, 2.24) is 10.6 Å². The Labute approximate surface area is 276 Å². The van der Waals surface area contributed by atoms with E-state index >= 15 is 0 Å². The zero-order valence-corrected chi connectivity index (χ0v) is 26.5. The Kier molecular flexibility index (Phi) is 16.7. The third-order valence-corrected chi connectivity index (χ3v) is 8.19. The Balaban J connectivity index is 1.63. The molecule has 3 heterocycles. The molecular weight excluding hydrogens is 652 g/mol. The average molecular weight is 703 g/mol. The van der Waals surface area contributed by atoms with Crippen LogP contribution in [0.2, 0.25) is 0 Å². The van der Waals surface area contributed by atoms with Gasteiger partial charge in [0.15, 0.2) is 18.9 Å². The fourth-order valence-electron chi connectivity index (χ4n) is 5.38. The molecule has 3 aliphatic heterocycles. The predicted octanol–water partition coefficient (Wildman–Crippen LogP) is -6.74. The number of ether oxygens (including phenoxy) is 6. The molecule has 0 aromatic carbocycles. The topological polar surface area (TPSA) is 316 Å². The monoisotopic (exact) mass is 702 g/mol. The van der Waals surface area contributed by atoms with Crippen LogP contribution in [-0.2, 0) is 38.0 Å². The third-order valence-electron chi connectivity index (χ3n) is 8.19. The van der Waals surface area contributed by atoms with Crippen molar-refractivity contribution >= 4 is 11.8 Å². The van der Waals surface area contributed by atoms with Gasteiger partial charge < -0.3 is 90.1 Å². The molecule has 0 aromatic rings. The largest absolute Gasteiger partial charge is 0.394 e. The maximum atomic E-state index is 12.2. The van der Waals surface area contributed by atoms with Crippen molar-refractivity contribution in [2.24, 2.45) is 0 Å². The van der Waals surface area contributed by atoms with Crippen LogP contribution in [0.25, 0.3) is 0 Å². The second-order valence-electron chi connectivity index (χ2n) is 11.7. The van der Waals surface area contributed by atoms with Gasteiger partial charge in [0.25, 0.3) is 0 Å². The Morgan fingerprint density at radius 3 is 1.67 bits per heavy atom. The molecule has 0 aromatic heterocycles. The highest BCUT2D eigenvalue weighted by Gasteiger charge is 2.52. The van der Waals surface area contributed by atoms with E-state index in [1.807, 2.05) is 0 Å². The van der Waals surface area contributed by atoms with Crippen LogP contribution in [0.4, 0.5) is 0 Å². The number of amides is 2. The molecule has 2 amide bonds. The molecule has 15 atom stereocenters. The quantitative estimate of drug-likeness (QED) is 0.0627. The van der Waals surface area contributed by atoms with Crippen molar-refractivity contribution in [1.29, 1.82) is 0 Å². The lowest BCUT2D eigenvalue weighted by Crippen LogP contribution is -2.65. The van der Waals surface area contributed by atoms with E-state index in [2.05, 4.69) is 10.6 Å². The van der Waals surface area contributed by atoms with E-state index in [4.69, 9.17) is 28.4 Å². The van der Waals surface area contributed by atoms with Crippen LogP contribution in [0.5, 0.6) is 0 Å². The van der Waals surface area contributed by atoms with Crippen LogP contribution < -0.4 is 10.6 Å². The zero-order valence-electron chi connectivity index (χ0n) is 26.5. The van der Waals surface area contributed by atoms with Crippen LogP contribution in [0, 0.1) is 0 Å². The Hall–Kier alpha value is -1.70. The van der Waals surface area contributed by atoms with Crippen LogP contribution in [0.3, 0.4) is 0 Å². The van der Waals surface area contributed by atoms with Gasteiger partial charge >= 0.3 is 0 Å². The molecule has 280 valence electrons. The van der Waals surface area contributed by atoms with Crippen molar-refractivity contribution in [3.63, 3.8) is 0 Å². The van der Waals surface area contributed by atoms with Crippen molar-refractivity contribution in [2.75, 3.05) is 39.5 Å². The van der Waals surface area contributed by atoms with Gasteiger partial charge in [-0.25, -0.2) is 0 Å². The molecule has 0 aliphatic carbocycles. The fraction of sp³-hybridized carbons (Fsp3) is 0.929. The molecule has 3 saturated heterocycles. The maximum Gasteiger partial charge on any atom is 0.220 e. The summed E-state index contributed by atoms with van der Waals surface area (Å²) in [5.41, 5.74) is 0. The summed E-state index contributed by atoms with van der Waals surface area (Å²) in [6, 6.07) is 0. The highest BCUT2D eigenvalue weighted by atomic mass is 16.7. The SMILES string of the molecule is CCNC(=O)CCCCC(=O)NCCO[C@H]1O[C@H](CO[C@H]2O[C@H](CO)[C@@H](O)[C@H](O)[C@@H]2O)[C@@H](O)[C@H](O[C@H]2O[C@H](CO)[C@@H](O)[C@H](O)[C@@H]2O)[C@@H]1O. The van der Waals surface area contributed by atoms with Gasteiger partial charge in [0, 0.05) is 25.9 Å². The molecule has 3 fully saturated rings. The molecule has 0 saturated carbocycles. The molecule has 3 aliphatic rings. The molecule has 0 spiro atoms. The Morgan fingerprint density at radius 1 is 0.604 bits per heavy atom. The van der Waals surface area contributed by atoms with E-state index in [1.165, 1.54) is 0 Å². The molecule has 20 nitrogen and oxygen atoms in total. The first-order valence-electron chi connectivity index (χ1n) is 15.9. The smallest absolute Gasteiger partial charge is 0.220 e. The minimum Gasteiger partial charge on any atom is -0.394 e. The number of aliphatic hydroxyl groups is 10. The summed E-state index contributed by atoms with van der Waals surface area (Å²) >= 11 is 0. The molecule has 20 heteroatoms. The van der Waals surface area contributed by atoms with Gasteiger partial charge in [-0.05, 0) is 19.8 Å². The maximum absolute atomic E-state index is 12.2. The minimum absolute atomic E-state index is 0.0332. The lowest BCUT2D eigenvalue weighted by molar-refractivity contribution is -0.366. The van der Waals surface area contributed by atoms with Gasteiger partial charge in [-0.2, -0.15) is 0 Å². The number of carbonyl (C=O) groups excluding carboxylic acids is 2. The molecule has 48 heavy (non-hydrogen) atoms. The second-order valence-corrected chi connectivity index (χ2v) is 11.7. The first-order valence-corrected chi connectivity index (χ1v) is 15.9. The van der Waals surface area contributed by atoms with Crippen molar-refractivity contribution < 1.29 is 89.1 Å². The number of carbonyl (C=O) groups is 2. The van der Waals surface area contributed by atoms with E-state index < -0.39 is 112 Å². The standard InChI is InChI=1S/C28H50N2O18/c1-2-29-15(33)5-3-4-6-16(34)30-7-8-43-27-24(42)25(48-28-23(41)21(39)18(36)13(10-32)46-28)19(37)14(47-27)11-44-26-22(40)20(38)17(35)12(9-31)45-26/h12-14,17-28,31-32,35-42H,2-11H2,1H3,(H,29,33)(H,30,34)/t12-,13-,14-,17-,18-,19-,20+,21+,22+,23+,24+,25+,26+,27+,28-/m1/s1. The van der Waals surface area contributed by atoms with E-state index in [-0.39, 0.29) is 31.4 Å². The molecule has 3 rings (SSSR count). The summed E-state index contributed by atoms with van der Waals surface area (Å²) in [6.07, 6.45) is -23.5. The lowest BCUT2D eigenvalue weighted by Gasteiger charge is -2.46. The summed E-state index contributed by atoms with van der Waals surface area (Å²) in [5.74, 6) is -0.419. The van der Waals surface area contributed by atoms with Crippen molar-refractivity contribution in [2.45, 2.75) is 125 Å². The van der Waals surface area contributed by atoms with Gasteiger partial charge in [0.05, 0.1) is 26.4 Å². The Bertz CT molecular complexity index is 979. The summed E-state index contributed by atoms with van der Waals surface area (Å²) in [4.78, 5) is 23.7. The second kappa shape index (κ2) is 19.6. The third kappa shape index (κ3) is 10.7. The number of hydrogen-bond acceptors (Lipinski definition) is 18. The first kappa shape index (κ1) is 40.7. The number of nitrogens with one attached hydrogen (secondary N) is 2. The molecule has 0 unspecified atom stereocenters. The van der Waals surface area contributed by atoms with E-state index in [0.717, 1.165) is 0 Å². The fourth-order valence-corrected chi connectivity index (χ4v) is 5.38. The molecular formula is C28H50N2O18. The first-order chi connectivity index (χ1) is 22.8. The van der Waals surface area contributed by atoms with Gasteiger partial charge in [0.1, 0.15) is 73.2 Å². The van der Waals surface area contributed by atoms with E-state index in [9.17, 15) is 60.7 Å². The highest BCUT2D eigenvalue weighted by molar-refractivity contribution is 5.77. The van der Waals surface area contributed by atoms with Crippen molar-refractivity contribution in [3.8, 4) is 0 Å². The highest BCUT2D eigenvalue weighted by Crippen LogP contribution is 2.31. The summed E-state index contributed by atoms with van der Waals surface area (Å²) in [7, 11) is 0. The van der Waals surface area contributed by atoms with Crippen LogP contribution in [-0.4, -0.2) is 195 Å². The summed E-state index contributed by atoms with van der Waals surface area (Å²) in [5, 5.41) is 107. The van der Waals surface area contributed by atoms with Gasteiger partial charge in [-0.15, -0.1) is 0 Å². The van der Waals surface area contributed by atoms with Gasteiger partial charge in [-0.1, -0.05) is 0 Å². The van der Waals surface area contributed by atoms with Crippen LogP contribution in [0.1, 0.15) is 32.6 Å². The summed E-state index contributed by atoms with van der Waals surface area (Å²) in [6.45, 7) is -0.0348. The van der Waals surface area contributed by atoms with Crippen LogP contribution >= 0.6 is 0 Å². The predicted molar refractivity (Wildman–Crippen MR) is 155 cm³/mol. The van der Waals surface area contributed by atoms with Crippen LogP contribution in [0.15, 0.2) is 0 Å². The lowest BCUT2D eigenvalue weighted by atomic mass is 9.96. The molecule has 0 bridgehead atoms.